The van der Waals surface area contributed by atoms with Crippen LogP contribution >= 0.6 is 0 Å². The van der Waals surface area contributed by atoms with Crippen molar-refractivity contribution in [3.63, 3.8) is 0 Å². The molecule has 82 valence electrons. The van der Waals surface area contributed by atoms with Crippen molar-refractivity contribution in [1.29, 1.82) is 5.26 Å². The summed E-state index contributed by atoms with van der Waals surface area (Å²) in [7, 11) is 0. The van der Waals surface area contributed by atoms with E-state index in [2.05, 4.69) is 6.07 Å². The van der Waals surface area contributed by atoms with Gasteiger partial charge in [0.15, 0.2) is 0 Å². The van der Waals surface area contributed by atoms with Crippen LogP contribution in [0, 0.1) is 21.4 Å². The van der Waals surface area contributed by atoms with E-state index < -0.39 is 4.92 Å². The zero-order chi connectivity index (χ0) is 11.5. The van der Waals surface area contributed by atoms with Crippen molar-refractivity contribution >= 4 is 5.69 Å². The van der Waals surface area contributed by atoms with E-state index in [0.717, 1.165) is 5.56 Å². The van der Waals surface area contributed by atoms with Crippen LogP contribution in [0.5, 0.6) is 0 Å². The van der Waals surface area contributed by atoms with Crippen LogP contribution < -0.4 is 0 Å². The zero-order valence-corrected chi connectivity index (χ0v) is 8.37. The third kappa shape index (κ3) is 2.34. The summed E-state index contributed by atoms with van der Waals surface area (Å²) < 4.78 is 0. The van der Waals surface area contributed by atoms with E-state index in [1.165, 1.54) is 12.1 Å². The minimum Gasteiger partial charge on any atom is -0.293 e. The summed E-state index contributed by atoms with van der Waals surface area (Å²) in [5.74, 6) is 0. The Balaban J connectivity index is 1.86. The predicted molar refractivity (Wildman–Crippen MR) is 54.0 cm³/mol. The molecule has 1 aromatic carbocycles. The maximum Gasteiger partial charge on any atom is 0.269 e. The Labute approximate surface area is 91.8 Å². The number of hydroxylamine groups is 2. The van der Waals surface area contributed by atoms with Gasteiger partial charge in [0.2, 0.25) is 0 Å². The number of non-ortho nitro benzene ring substituents is 1. The molecule has 0 saturated carbocycles. The lowest BCUT2D eigenvalue weighted by Crippen LogP contribution is -2.02. The second-order valence-corrected chi connectivity index (χ2v) is 3.44. The molecule has 6 nitrogen and oxygen atoms in total. The minimum absolute atomic E-state index is 0.0605. The highest BCUT2D eigenvalue weighted by Crippen LogP contribution is 2.19. The molecule has 0 bridgehead atoms. The lowest BCUT2D eigenvalue weighted by atomic mass is 10.2. The predicted octanol–water partition coefficient (Wildman–Crippen LogP) is 1.23. The molecule has 0 spiro atoms. The van der Waals surface area contributed by atoms with Gasteiger partial charge < -0.3 is 0 Å². The number of rotatable bonds is 4. The summed E-state index contributed by atoms with van der Waals surface area (Å²) in [6, 6.07) is 8.07. The molecule has 1 aromatic rings. The van der Waals surface area contributed by atoms with Crippen molar-refractivity contribution in [1.82, 2.24) is 5.06 Å². The number of nitro benzene ring substituents is 1. The Kier molecular flexibility index (Phi) is 2.81. The Morgan fingerprint density at radius 2 is 2.25 bits per heavy atom. The van der Waals surface area contributed by atoms with Gasteiger partial charge in [-0.25, -0.2) is 0 Å². The van der Waals surface area contributed by atoms with E-state index in [1.807, 2.05) is 0 Å². The molecule has 0 amide bonds. The third-order valence-corrected chi connectivity index (χ3v) is 2.26. The molecule has 1 aliphatic rings. The van der Waals surface area contributed by atoms with Crippen molar-refractivity contribution in [2.45, 2.75) is 12.6 Å². The molecule has 0 aromatic heterocycles. The lowest BCUT2D eigenvalue weighted by Gasteiger charge is -2.02. The van der Waals surface area contributed by atoms with Crippen molar-refractivity contribution in [2.24, 2.45) is 0 Å². The second-order valence-electron chi connectivity index (χ2n) is 3.44. The van der Waals surface area contributed by atoms with Gasteiger partial charge in [-0.05, 0) is 17.7 Å². The highest BCUT2D eigenvalue weighted by Gasteiger charge is 2.35. The molecule has 2 rings (SSSR count). The SMILES string of the molecule is N#CC1CN1OCc1ccc([N+](=O)[O-])cc1. The van der Waals surface area contributed by atoms with Gasteiger partial charge in [-0.1, -0.05) is 0 Å². The molecule has 2 unspecified atom stereocenters. The summed E-state index contributed by atoms with van der Waals surface area (Å²) in [6.45, 7) is 0.958. The first-order valence-electron chi connectivity index (χ1n) is 4.73. The topological polar surface area (TPSA) is 79.2 Å². The first kappa shape index (κ1) is 10.5. The van der Waals surface area contributed by atoms with Crippen LogP contribution in [0.1, 0.15) is 5.56 Å². The fourth-order valence-electron chi connectivity index (χ4n) is 1.24. The van der Waals surface area contributed by atoms with Crippen molar-refractivity contribution in [2.75, 3.05) is 6.54 Å². The molecule has 1 fully saturated rings. The Bertz CT molecular complexity index is 438. The van der Waals surface area contributed by atoms with Crippen molar-refractivity contribution < 1.29 is 9.76 Å². The van der Waals surface area contributed by atoms with Gasteiger partial charge in [0.1, 0.15) is 6.04 Å². The van der Waals surface area contributed by atoms with Crippen LogP contribution in [0.25, 0.3) is 0 Å². The molecule has 1 saturated heterocycles. The number of benzene rings is 1. The summed E-state index contributed by atoms with van der Waals surface area (Å²) >= 11 is 0. The standard InChI is InChI=1S/C10H9N3O3/c11-5-10-6-12(10)16-7-8-1-3-9(4-2-8)13(14)15/h1-4,10H,6-7H2. The number of hydrogen-bond donors (Lipinski definition) is 0. The molecule has 0 N–H and O–H groups in total. The van der Waals surface area contributed by atoms with Crippen LogP contribution in [0.2, 0.25) is 0 Å². The number of hydrogen-bond acceptors (Lipinski definition) is 5. The van der Waals surface area contributed by atoms with E-state index in [0.29, 0.717) is 13.2 Å². The van der Waals surface area contributed by atoms with Crippen LogP contribution in [-0.2, 0) is 11.4 Å². The van der Waals surface area contributed by atoms with Gasteiger partial charge in [-0.15, -0.1) is 0 Å². The number of nitrogens with zero attached hydrogens (tertiary/aromatic N) is 3. The third-order valence-electron chi connectivity index (χ3n) is 2.26. The molecule has 16 heavy (non-hydrogen) atoms. The summed E-state index contributed by atoms with van der Waals surface area (Å²) in [5, 5.41) is 20.5. The van der Waals surface area contributed by atoms with Gasteiger partial charge in [0.05, 0.1) is 24.1 Å². The van der Waals surface area contributed by atoms with Crippen LogP contribution in [0.3, 0.4) is 0 Å². The average molecular weight is 219 g/mol. The normalized spacial score (nSPS) is 22.4. The van der Waals surface area contributed by atoms with E-state index >= 15 is 0 Å². The molecule has 1 aliphatic heterocycles. The highest BCUT2D eigenvalue weighted by atomic mass is 16.7. The molecular weight excluding hydrogens is 210 g/mol. The van der Waals surface area contributed by atoms with Gasteiger partial charge in [-0.2, -0.15) is 10.3 Å². The average Bonchev–Trinajstić information content (AvgIpc) is 3.05. The van der Waals surface area contributed by atoms with Gasteiger partial charge >= 0.3 is 0 Å². The zero-order valence-electron chi connectivity index (χ0n) is 8.37. The molecule has 1 heterocycles. The monoisotopic (exact) mass is 219 g/mol. The summed E-state index contributed by atoms with van der Waals surface area (Å²) in [6.07, 6.45) is 0. The minimum atomic E-state index is -0.444. The lowest BCUT2D eigenvalue weighted by molar-refractivity contribution is -0.384. The van der Waals surface area contributed by atoms with Crippen LogP contribution in [0.15, 0.2) is 24.3 Å². The van der Waals surface area contributed by atoms with Gasteiger partial charge in [0.25, 0.3) is 5.69 Å². The van der Waals surface area contributed by atoms with E-state index in [-0.39, 0.29) is 11.7 Å². The Morgan fingerprint density at radius 3 is 2.75 bits per heavy atom. The molecular formula is C10H9N3O3. The van der Waals surface area contributed by atoms with Crippen LogP contribution in [-0.4, -0.2) is 22.6 Å². The highest BCUT2D eigenvalue weighted by molar-refractivity contribution is 5.32. The van der Waals surface area contributed by atoms with E-state index in [1.54, 1.807) is 17.2 Å². The maximum absolute atomic E-state index is 10.4. The second kappa shape index (κ2) is 4.26. The van der Waals surface area contributed by atoms with Crippen molar-refractivity contribution in [3.8, 4) is 6.07 Å². The van der Waals surface area contributed by atoms with Crippen molar-refractivity contribution in [3.05, 3.63) is 39.9 Å². The largest absolute Gasteiger partial charge is 0.293 e. The fourth-order valence-corrected chi connectivity index (χ4v) is 1.24. The fraction of sp³-hybridized carbons (Fsp3) is 0.300. The van der Waals surface area contributed by atoms with E-state index in [4.69, 9.17) is 10.1 Å². The Hall–Kier alpha value is -1.97. The van der Waals surface area contributed by atoms with Gasteiger partial charge in [-0.3, -0.25) is 15.0 Å². The quantitative estimate of drug-likeness (QED) is 0.432. The first-order chi connectivity index (χ1) is 7.70. The number of nitro groups is 1. The molecule has 2 atom stereocenters. The number of nitriles is 1. The smallest absolute Gasteiger partial charge is 0.269 e. The Morgan fingerprint density at radius 1 is 1.56 bits per heavy atom. The van der Waals surface area contributed by atoms with Crippen LogP contribution in [0.4, 0.5) is 5.69 Å². The van der Waals surface area contributed by atoms with Gasteiger partial charge in [0, 0.05) is 12.1 Å². The maximum atomic E-state index is 10.4. The molecule has 0 aliphatic carbocycles. The van der Waals surface area contributed by atoms with E-state index in [9.17, 15) is 10.1 Å². The summed E-state index contributed by atoms with van der Waals surface area (Å²) in [5.41, 5.74) is 0.902. The molecule has 0 radical (unpaired) electrons. The summed E-state index contributed by atoms with van der Waals surface area (Å²) in [4.78, 5) is 15.2. The molecule has 6 heteroatoms. The first-order valence-corrected chi connectivity index (χ1v) is 4.73.